The van der Waals surface area contributed by atoms with Crippen LogP contribution >= 0.6 is 31.9 Å². The fourth-order valence-electron chi connectivity index (χ4n) is 7.67. The molecule has 0 spiro atoms. The standard InChI is InChI=1S/C23H21F3N8O2.C17H10BrF3N6.C6H12N2O2.C4H9NO.C2H4BrNO/c24-23(25,26)18-5-1-3-16(29-18)21-31-22(17-4-2-8-34(17)32-21)28-15-6-7-27-19(13-15)30-20(35)14-33-9-11-36-12-10-33;18-14-9-10(6-7-22-14)23-16-12-4-2-8-27(12)26-15(25-16)11-3-1-5-13(24-11)17(19,20)21;7-6(9)5-8-1-3-10-4-2-8;1-3-6-4-2-5-1;3-1-2(4)5/h1-8,13H,9-12,14H2,(H2,27,28,30,31,32,35);1-9H,(H,22,23,25,26);1-5H2,(H2,7,9);5H,1-4H2;1H2,(H2,4,5). The number of rotatable bonds is 12. The molecule has 0 unspecified atom stereocenters. The van der Waals surface area contributed by atoms with Crippen LogP contribution in [0.3, 0.4) is 0 Å². The average Bonchev–Trinajstić information content (AvgIpc) is 4.33. The number of pyridine rings is 4. The van der Waals surface area contributed by atoms with Crippen LogP contribution in [0.5, 0.6) is 0 Å². The van der Waals surface area contributed by atoms with Crippen molar-refractivity contribution in [3.05, 3.63) is 126 Å². The zero-order chi connectivity index (χ0) is 60.1. The van der Waals surface area contributed by atoms with Crippen LogP contribution in [0.1, 0.15) is 11.4 Å². The van der Waals surface area contributed by atoms with E-state index in [9.17, 15) is 40.7 Å². The van der Waals surface area contributed by atoms with Gasteiger partial charge in [0.15, 0.2) is 11.6 Å². The van der Waals surface area contributed by atoms with Gasteiger partial charge in [0, 0.05) is 81.5 Å². The number of alkyl halides is 7. The predicted molar refractivity (Wildman–Crippen MR) is 304 cm³/mol. The summed E-state index contributed by atoms with van der Waals surface area (Å²) in [4.78, 5) is 60.8. The minimum absolute atomic E-state index is 0.0143. The second kappa shape index (κ2) is 31.2. The molecule has 3 aliphatic rings. The summed E-state index contributed by atoms with van der Waals surface area (Å²) >= 11 is 6.13. The lowest BCUT2D eigenvalue weighted by molar-refractivity contribution is -0.141. The van der Waals surface area contributed by atoms with E-state index in [4.69, 9.17) is 19.9 Å². The molecule has 0 radical (unpaired) electrons. The fourth-order valence-corrected chi connectivity index (χ4v) is 8.04. The summed E-state index contributed by atoms with van der Waals surface area (Å²) in [7, 11) is 0. The fraction of sp³-hybridized carbons (Fsp3) is 0.327. The van der Waals surface area contributed by atoms with Crippen molar-refractivity contribution in [1.82, 2.24) is 64.2 Å². The molecule has 446 valence electrons. The van der Waals surface area contributed by atoms with E-state index in [1.807, 2.05) is 9.80 Å². The van der Waals surface area contributed by atoms with Crippen LogP contribution < -0.4 is 32.7 Å². The lowest BCUT2D eigenvalue weighted by Crippen LogP contribution is -2.41. The van der Waals surface area contributed by atoms with Gasteiger partial charge in [-0.2, -0.15) is 26.3 Å². The number of carbonyl (C=O) groups excluding carboxylic acids is 3. The average molecular weight is 1300 g/mol. The van der Waals surface area contributed by atoms with E-state index in [1.165, 1.54) is 39.5 Å². The molecule has 3 aliphatic heterocycles. The van der Waals surface area contributed by atoms with Gasteiger partial charge >= 0.3 is 12.4 Å². The molecule has 3 fully saturated rings. The molecule has 3 saturated heterocycles. The summed E-state index contributed by atoms with van der Waals surface area (Å²) in [6, 6.07) is 21.1. The topological polar surface area (TPSA) is 297 Å². The molecule has 11 rings (SSSR count). The quantitative estimate of drug-likeness (QED) is 0.0450. The third-order valence-electron chi connectivity index (χ3n) is 11.5. The van der Waals surface area contributed by atoms with Crippen molar-refractivity contribution in [3.8, 4) is 23.0 Å². The number of amides is 3. The van der Waals surface area contributed by atoms with E-state index in [1.54, 1.807) is 67.1 Å². The Kier molecular flexibility index (Phi) is 23.6. The summed E-state index contributed by atoms with van der Waals surface area (Å²) in [5.74, 6) is 0.421. The monoisotopic (exact) mass is 1300 g/mol. The zero-order valence-electron chi connectivity index (χ0n) is 44.5. The minimum atomic E-state index is -4.59. The third kappa shape index (κ3) is 20.2. The molecule has 3 amide bonds. The van der Waals surface area contributed by atoms with Crippen LogP contribution in [0.2, 0.25) is 0 Å². The second-order valence-electron chi connectivity index (χ2n) is 17.9. The van der Waals surface area contributed by atoms with E-state index in [-0.39, 0.29) is 52.6 Å². The SMILES string of the molecule is C1COCCN1.FC(F)(F)c1cccc(-c2nc(Nc3ccnc(Br)c3)c3cccn3n2)n1.NC(=O)CBr.NC(=O)CN1CCOCC1.O=C(CN1CCOCC1)Nc1cc(Nc2nc(-c3cccc(C(F)(F)F)n3)nn3cccc23)ccn1. The third-order valence-corrected chi connectivity index (χ3v) is 12.5. The predicted octanol–water partition coefficient (Wildman–Crippen LogP) is 6.21. The highest BCUT2D eigenvalue weighted by atomic mass is 79.9. The highest BCUT2D eigenvalue weighted by Crippen LogP contribution is 2.32. The Morgan fingerprint density at radius 2 is 1.06 bits per heavy atom. The molecule has 84 heavy (non-hydrogen) atoms. The van der Waals surface area contributed by atoms with E-state index < -0.39 is 23.7 Å². The van der Waals surface area contributed by atoms with E-state index in [0.29, 0.717) is 90.5 Å². The molecular formula is C52H56Br2F6N18O6. The number of nitrogens with zero attached hydrogens (tertiary/aromatic N) is 12. The van der Waals surface area contributed by atoms with Crippen molar-refractivity contribution in [2.75, 3.05) is 113 Å². The number of ether oxygens (including phenoxy) is 3. The Hall–Kier alpha value is -7.85. The van der Waals surface area contributed by atoms with E-state index in [2.05, 4.69) is 99.0 Å². The van der Waals surface area contributed by atoms with Gasteiger partial charge in [-0.3, -0.25) is 24.2 Å². The highest BCUT2D eigenvalue weighted by Gasteiger charge is 2.34. The number of primary amides is 2. The largest absolute Gasteiger partial charge is 0.433 e. The van der Waals surface area contributed by atoms with E-state index >= 15 is 0 Å². The summed E-state index contributed by atoms with van der Waals surface area (Å²) < 4.78 is 97.4. The van der Waals surface area contributed by atoms with Crippen LogP contribution in [-0.4, -0.2) is 174 Å². The van der Waals surface area contributed by atoms with Crippen molar-refractivity contribution in [2.45, 2.75) is 12.4 Å². The minimum Gasteiger partial charge on any atom is -0.379 e. The van der Waals surface area contributed by atoms with Crippen LogP contribution in [0.15, 0.2) is 114 Å². The number of nitrogens with two attached hydrogens (primary N) is 2. The molecule has 0 aliphatic carbocycles. The Bertz CT molecular complexity index is 3420. The lowest BCUT2D eigenvalue weighted by Gasteiger charge is -2.25. The molecule has 0 bridgehead atoms. The van der Waals surface area contributed by atoms with Crippen LogP contribution in [0.25, 0.3) is 34.1 Å². The summed E-state index contributed by atoms with van der Waals surface area (Å²) in [6.07, 6.45) is -2.66. The molecule has 11 heterocycles. The first-order valence-corrected chi connectivity index (χ1v) is 27.5. The number of aromatic nitrogens is 10. The maximum absolute atomic E-state index is 13.1. The van der Waals surface area contributed by atoms with Crippen LogP contribution in [0.4, 0.5) is 55.2 Å². The van der Waals surface area contributed by atoms with Crippen LogP contribution in [0, 0.1) is 0 Å². The van der Waals surface area contributed by atoms with Crippen molar-refractivity contribution >= 4 is 89.4 Å². The lowest BCUT2D eigenvalue weighted by atomic mass is 10.3. The van der Waals surface area contributed by atoms with Crippen molar-refractivity contribution in [2.24, 2.45) is 11.5 Å². The van der Waals surface area contributed by atoms with E-state index in [0.717, 1.165) is 51.5 Å². The van der Waals surface area contributed by atoms with Gasteiger partial charge in [-0.15, -0.1) is 10.2 Å². The van der Waals surface area contributed by atoms with Crippen LogP contribution in [-0.2, 0) is 40.9 Å². The summed E-state index contributed by atoms with van der Waals surface area (Å²) in [6.45, 7) is 10.1. The molecule has 24 nitrogen and oxygen atoms in total. The Labute approximate surface area is 492 Å². The first-order valence-electron chi connectivity index (χ1n) is 25.5. The summed E-state index contributed by atoms with van der Waals surface area (Å²) in [5.41, 5.74) is 10.1. The van der Waals surface area contributed by atoms with Crippen molar-refractivity contribution in [3.63, 3.8) is 0 Å². The molecule has 0 atom stereocenters. The number of halogens is 8. The highest BCUT2D eigenvalue weighted by molar-refractivity contribution is 9.10. The van der Waals surface area contributed by atoms with Gasteiger partial charge < -0.3 is 46.9 Å². The molecule has 0 saturated carbocycles. The Balaban J connectivity index is 0.000000183. The molecule has 8 aromatic rings. The van der Waals surface area contributed by atoms with Crippen molar-refractivity contribution in [1.29, 1.82) is 0 Å². The number of hydrogen-bond acceptors (Lipinski definition) is 19. The Morgan fingerprint density at radius 3 is 1.49 bits per heavy atom. The van der Waals surface area contributed by atoms with Crippen molar-refractivity contribution < 1.29 is 54.9 Å². The van der Waals surface area contributed by atoms with Gasteiger partial charge in [-0.25, -0.2) is 38.9 Å². The summed E-state index contributed by atoms with van der Waals surface area (Å²) in [5, 5.41) is 21.0. The van der Waals surface area contributed by atoms with Gasteiger partial charge in [0.25, 0.3) is 0 Å². The van der Waals surface area contributed by atoms with Gasteiger partial charge in [0.05, 0.1) is 58.1 Å². The second-order valence-corrected chi connectivity index (χ2v) is 19.2. The van der Waals surface area contributed by atoms with Gasteiger partial charge in [0.2, 0.25) is 29.4 Å². The maximum atomic E-state index is 13.1. The Morgan fingerprint density at radius 1 is 0.595 bits per heavy atom. The molecule has 8 aromatic heterocycles. The molecule has 8 N–H and O–H groups in total. The molecule has 32 heteroatoms. The maximum Gasteiger partial charge on any atom is 0.433 e. The normalized spacial score (nSPS) is 14.7. The van der Waals surface area contributed by atoms with Gasteiger partial charge in [0.1, 0.15) is 44.2 Å². The first kappa shape index (κ1) is 63.7. The van der Waals surface area contributed by atoms with Gasteiger partial charge in [-0.05, 0) is 82.7 Å². The zero-order valence-corrected chi connectivity index (χ0v) is 47.7. The number of fused-ring (bicyclic) bond motifs is 2. The molecular weight excluding hydrogens is 1250 g/mol. The number of nitrogens with one attached hydrogen (secondary N) is 4. The van der Waals surface area contributed by atoms with Gasteiger partial charge in [-0.1, -0.05) is 28.1 Å². The number of anilines is 5. The number of carbonyl (C=O) groups is 3. The molecule has 0 aromatic carbocycles. The first-order chi connectivity index (χ1) is 40.3. The number of hydrogen-bond donors (Lipinski definition) is 6. The smallest absolute Gasteiger partial charge is 0.379 e. The number of morpholine rings is 3.